The molecule has 4 nitrogen and oxygen atoms in total. The van der Waals surface area contributed by atoms with Gasteiger partial charge in [0.05, 0.1) is 10.6 Å². The highest BCUT2D eigenvalue weighted by Gasteiger charge is 2.13. The molecule has 0 aliphatic heterocycles. The Morgan fingerprint density at radius 2 is 2.14 bits per heavy atom. The fraction of sp³-hybridized carbons (Fsp3) is 0.0714. The minimum atomic E-state index is -0.357. The van der Waals surface area contributed by atoms with Crippen molar-refractivity contribution in [3.05, 3.63) is 56.2 Å². The lowest BCUT2D eigenvalue weighted by Crippen LogP contribution is -2.34. The largest absolute Gasteiger partial charge is 0.317 e. The van der Waals surface area contributed by atoms with E-state index in [0.29, 0.717) is 16.4 Å². The molecule has 7 heteroatoms. The molecule has 2 aromatic rings. The standard InChI is InChI=1S/C14H11ClIN3OS/c1-8-3-2-6-17-12(8)18-14(21)19-13(20)10-7-9(16)4-5-11(10)15/h2-7H,1H3,(H2,17,18,19,20,21). The van der Waals surface area contributed by atoms with Gasteiger partial charge in [0.2, 0.25) is 0 Å². The van der Waals surface area contributed by atoms with Crippen LogP contribution in [0.25, 0.3) is 0 Å². The molecule has 108 valence electrons. The van der Waals surface area contributed by atoms with Crippen LogP contribution in [0.15, 0.2) is 36.5 Å². The third-order valence-corrected chi connectivity index (χ3v) is 3.85. The van der Waals surface area contributed by atoms with Crippen LogP contribution in [0.2, 0.25) is 5.02 Å². The summed E-state index contributed by atoms with van der Waals surface area (Å²) in [5.41, 5.74) is 1.31. The molecule has 0 spiro atoms. The highest BCUT2D eigenvalue weighted by atomic mass is 127. The van der Waals surface area contributed by atoms with E-state index >= 15 is 0 Å². The predicted octanol–water partition coefficient (Wildman–Crippen LogP) is 3.77. The number of nitrogens with zero attached hydrogens (tertiary/aromatic N) is 1. The minimum Gasteiger partial charge on any atom is -0.317 e. The normalized spacial score (nSPS) is 10.0. The van der Waals surface area contributed by atoms with Gasteiger partial charge in [0, 0.05) is 9.77 Å². The summed E-state index contributed by atoms with van der Waals surface area (Å²) >= 11 is 13.3. The Morgan fingerprint density at radius 1 is 1.38 bits per heavy atom. The molecule has 0 fully saturated rings. The maximum absolute atomic E-state index is 12.2. The Balaban J connectivity index is 2.08. The molecule has 0 saturated carbocycles. The van der Waals surface area contributed by atoms with Crippen LogP contribution < -0.4 is 10.6 Å². The number of hydrogen-bond donors (Lipinski definition) is 2. The maximum atomic E-state index is 12.2. The second-order valence-corrected chi connectivity index (χ2v) is 6.26. The van der Waals surface area contributed by atoms with Crippen LogP contribution in [0.1, 0.15) is 15.9 Å². The van der Waals surface area contributed by atoms with Crippen molar-refractivity contribution in [1.29, 1.82) is 0 Å². The highest BCUT2D eigenvalue weighted by Crippen LogP contribution is 2.18. The molecule has 0 aliphatic rings. The number of rotatable bonds is 2. The fourth-order valence-electron chi connectivity index (χ4n) is 1.60. The van der Waals surface area contributed by atoms with Crippen LogP contribution in [0.4, 0.5) is 5.82 Å². The first kappa shape index (κ1) is 16.1. The molecular formula is C14H11ClIN3OS. The number of halogens is 2. The summed E-state index contributed by atoms with van der Waals surface area (Å²) in [6.45, 7) is 1.90. The van der Waals surface area contributed by atoms with Crippen LogP contribution in [-0.4, -0.2) is 16.0 Å². The van der Waals surface area contributed by atoms with E-state index in [-0.39, 0.29) is 11.0 Å². The van der Waals surface area contributed by atoms with E-state index in [9.17, 15) is 4.79 Å². The molecule has 2 rings (SSSR count). The smallest absolute Gasteiger partial charge is 0.258 e. The number of aryl methyl sites for hydroxylation is 1. The van der Waals surface area contributed by atoms with Gasteiger partial charge in [-0.25, -0.2) is 4.98 Å². The summed E-state index contributed by atoms with van der Waals surface area (Å²) in [6, 6.07) is 8.93. The molecule has 0 unspecified atom stereocenters. The van der Waals surface area contributed by atoms with Crippen LogP contribution >= 0.6 is 46.4 Å². The first-order valence-electron chi connectivity index (χ1n) is 5.96. The molecule has 1 heterocycles. The van der Waals surface area contributed by atoms with Crippen LogP contribution in [-0.2, 0) is 0 Å². The molecule has 21 heavy (non-hydrogen) atoms. The van der Waals surface area contributed by atoms with Gasteiger partial charge < -0.3 is 5.32 Å². The number of aromatic nitrogens is 1. The first-order chi connectivity index (χ1) is 9.97. The fourth-order valence-corrected chi connectivity index (χ4v) is 2.48. The van der Waals surface area contributed by atoms with Crippen molar-refractivity contribution in [2.45, 2.75) is 6.92 Å². The molecule has 0 aliphatic carbocycles. The minimum absolute atomic E-state index is 0.178. The van der Waals surface area contributed by atoms with E-state index in [1.807, 2.05) is 25.1 Å². The lowest BCUT2D eigenvalue weighted by atomic mass is 10.2. The second kappa shape index (κ2) is 7.15. The second-order valence-electron chi connectivity index (χ2n) is 4.20. The van der Waals surface area contributed by atoms with Gasteiger partial charge in [-0.15, -0.1) is 0 Å². The molecule has 1 aromatic carbocycles. The van der Waals surface area contributed by atoms with E-state index in [2.05, 4.69) is 38.2 Å². The third-order valence-electron chi connectivity index (χ3n) is 2.64. The van der Waals surface area contributed by atoms with E-state index in [1.54, 1.807) is 18.3 Å². The maximum Gasteiger partial charge on any atom is 0.258 e. The summed E-state index contributed by atoms with van der Waals surface area (Å²) in [5.74, 6) is 0.251. The summed E-state index contributed by atoms with van der Waals surface area (Å²) in [7, 11) is 0. The Morgan fingerprint density at radius 3 is 2.86 bits per heavy atom. The number of nitrogens with one attached hydrogen (secondary N) is 2. The summed E-state index contributed by atoms with van der Waals surface area (Å²) in [4.78, 5) is 16.3. The number of pyridine rings is 1. The zero-order valence-electron chi connectivity index (χ0n) is 11.0. The van der Waals surface area contributed by atoms with Crippen molar-refractivity contribution < 1.29 is 4.79 Å². The molecule has 2 N–H and O–H groups in total. The molecule has 0 saturated heterocycles. The summed E-state index contributed by atoms with van der Waals surface area (Å²) < 4.78 is 0.918. The van der Waals surface area contributed by atoms with Crippen molar-refractivity contribution >= 4 is 63.2 Å². The van der Waals surface area contributed by atoms with Gasteiger partial charge in [-0.2, -0.15) is 0 Å². The van der Waals surface area contributed by atoms with Crippen LogP contribution in [0, 0.1) is 10.5 Å². The zero-order valence-corrected chi connectivity index (χ0v) is 14.7. The average Bonchev–Trinajstić information content (AvgIpc) is 2.44. The molecule has 1 aromatic heterocycles. The quantitative estimate of drug-likeness (QED) is 0.561. The van der Waals surface area contributed by atoms with Gasteiger partial charge in [0.25, 0.3) is 5.91 Å². The Labute approximate surface area is 146 Å². The van der Waals surface area contributed by atoms with Gasteiger partial charge in [0.1, 0.15) is 5.82 Å². The van der Waals surface area contributed by atoms with E-state index in [1.165, 1.54) is 0 Å². The van der Waals surface area contributed by atoms with E-state index < -0.39 is 0 Å². The molecule has 0 bridgehead atoms. The van der Waals surface area contributed by atoms with E-state index in [0.717, 1.165) is 9.13 Å². The first-order valence-corrected chi connectivity index (χ1v) is 7.83. The third kappa shape index (κ3) is 4.36. The number of benzene rings is 1. The summed E-state index contributed by atoms with van der Waals surface area (Å²) in [5, 5.41) is 6.04. The highest BCUT2D eigenvalue weighted by molar-refractivity contribution is 14.1. The van der Waals surface area contributed by atoms with Crippen molar-refractivity contribution in [1.82, 2.24) is 10.3 Å². The lowest BCUT2D eigenvalue weighted by Gasteiger charge is -2.11. The number of amides is 1. The Bertz CT molecular complexity index is 708. The number of carbonyl (C=O) groups excluding carboxylic acids is 1. The SMILES string of the molecule is Cc1cccnc1NC(=S)NC(=O)c1cc(I)ccc1Cl. The molecular weight excluding hydrogens is 421 g/mol. The van der Waals surface area contributed by atoms with E-state index in [4.69, 9.17) is 23.8 Å². The monoisotopic (exact) mass is 431 g/mol. The van der Waals surface area contributed by atoms with Crippen molar-refractivity contribution in [2.75, 3.05) is 5.32 Å². The van der Waals surface area contributed by atoms with Gasteiger partial charge in [-0.1, -0.05) is 17.7 Å². The predicted molar refractivity (Wildman–Crippen MR) is 96.8 cm³/mol. The van der Waals surface area contributed by atoms with Crippen molar-refractivity contribution in [3.63, 3.8) is 0 Å². The average molecular weight is 432 g/mol. The van der Waals surface area contributed by atoms with Crippen LogP contribution in [0.5, 0.6) is 0 Å². The number of hydrogen-bond acceptors (Lipinski definition) is 3. The van der Waals surface area contributed by atoms with Crippen molar-refractivity contribution in [3.8, 4) is 0 Å². The number of carbonyl (C=O) groups is 1. The number of thiocarbonyl (C=S) groups is 1. The van der Waals surface area contributed by atoms with Gasteiger partial charge in [-0.3, -0.25) is 10.1 Å². The molecule has 0 atom stereocenters. The van der Waals surface area contributed by atoms with Crippen LogP contribution in [0.3, 0.4) is 0 Å². The zero-order chi connectivity index (χ0) is 15.4. The summed E-state index contributed by atoms with van der Waals surface area (Å²) in [6.07, 6.45) is 1.65. The van der Waals surface area contributed by atoms with Gasteiger partial charge >= 0.3 is 0 Å². The Kier molecular flexibility index (Phi) is 5.49. The van der Waals surface area contributed by atoms with Gasteiger partial charge in [0.15, 0.2) is 5.11 Å². The Hall–Kier alpha value is -1.25. The lowest BCUT2D eigenvalue weighted by molar-refractivity contribution is 0.0978. The number of anilines is 1. The van der Waals surface area contributed by atoms with Crippen molar-refractivity contribution in [2.24, 2.45) is 0 Å². The molecule has 1 amide bonds. The topological polar surface area (TPSA) is 54.0 Å². The molecule has 0 radical (unpaired) electrons. The van der Waals surface area contributed by atoms with Gasteiger partial charge in [-0.05, 0) is 71.6 Å².